The van der Waals surface area contributed by atoms with E-state index in [0.717, 1.165) is 25.0 Å². The summed E-state index contributed by atoms with van der Waals surface area (Å²) in [5.74, 6) is 1.46. The van der Waals surface area contributed by atoms with E-state index < -0.39 is 246 Å². The maximum Gasteiger partial charge on any atom is 0.187 e. The van der Waals surface area contributed by atoms with Crippen LogP contribution in [0.25, 0.3) is 0 Å². The summed E-state index contributed by atoms with van der Waals surface area (Å²) >= 11 is 1.67. The number of aliphatic hydroxyl groups is 15. The summed E-state index contributed by atoms with van der Waals surface area (Å²) in [6.45, 7) is 13.5. The van der Waals surface area contributed by atoms with Gasteiger partial charge in [-0.25, -0.2) is 0 Å². The van der Waals surface area contributed by atoms with Crippen molar-refractivity contribution in [1.29, 1.82) is 0 Å². The zero-order valence-electron chi connectivity index (χ0n) is 57.9. The fraction of sp³-hybridized carbons (Fsp3) is 0.985. The molecule has 0 aromatic heterocycles. The zero-order valence-corrected chi connectivity index (χ0v) is 61.6. The van der Waals surface area contributed by atoms with Gasteiger partial charge in [-0.1, -0.05) is 68.2 Å². The average molecular weight is 1540 g/mol. The maximum absolute atomic E-state index is 12.5. The monoisotopic (exact) mass is 1540 g/mol. The summed E-state index contributed by atoms with van der Waals surface area (Å²) in [6.07, 6.45) is -57.2. The summed E-state index contributed by atoms with van der Waals surface area (Å²) in [5, 5.41) is 177. The van der Waals surface area contributed by atoms with Crippen molar-refractivity contribution in [3.63, 3.8) is 0 Å². The largest absolute Gasteiger partial charge is 0.542 e. The Morgan fingerprint density at radius 1 is 0.270 bits per heavy atom. The first-order chi connectivity index (χ1) is 47.4. The van der Waals surface area contributed by atoms with E-state index in [2.05, 4.69) is 0 Å². The number of carbonyl (C=O) groups excluding carboxylic acids is 1. The molecule has 100 heavy (non-hydrogen) atoms. The van der Waals surface area contributed by atoms with Gasteiger partial charge in [0.25, 0.3) is 0 Å². The van der Waals surface area contributed by atoms with Crippen molar-refractivity contribution in [2.45, 2.75) is 385 Å². The Bertz CT molecular complexity index is 2380. The van der Waals surface area contributed by atoms with Crippen LogP contribution in [0.1, 0.15) is 139 Å². The minimum atomic E-state index is -1.93. The van der Waals surface area contributed by atoms with Crippen molar-refractivity contribution in [2.24, 2.45) is 0 Å². The molecule has 30 aliphatic rings. The van der Waals surface area contributed by atoms with Crippen LogP contribution in [-0.4, -0.2) is 347 Å². The topological polar surface area (TPSA) is 477 Å². The van der Waals surface area contributed by atoms with Crippen molar-refractivity contribution in [1.82, 2.24) is 0 Å². The van der Waals surface area contributed by atoms with Crippen molar-refractivity contribution in [3.8, 4) is 0 Å². The number of ether oxygens (including phenoxy) is 17. The van der Waals surface area contributed by atoms with Crippen LogP contribution in [0.2, 0.25) is 0 Å². The summed E-state index contributed by atoms with van der Waals surface area (Å²) in [4.78, 5) is 10.7. The van der Waals surface area contributed by atoms with Crippen molar-refractivity contribution < 1.29 is 195 Å². The molecule has 0 aliphatic carbocycles. The fourth-order valence-corrected chi connectivity index (χ4v) is 15.5. The molecule has 579 valence electrons. The van der Waals surface area contributed by atoms with Gasteiger partial charge in [-0.2, -0.15) is 18.2 Å². The van der Waals surface area contributed by atoms with Gasteiger partial charge in [-0.3, -0.25) is 6.29 Å². The Kier molecular flexibility index (Phi) is 33.7. The summed E-state index contributed by atoms with van der Waals surface area (Å²) in [7, 11) is 0. The molecule has 30 rings (SSSR count). The first kappa shape index (κ1) is 85.5. The predicted molar refractivity (Wildman–Crippen MR) is 337 cm³/mol. The van der Waals surface area contributed by atoms with Crippen LogP contribution in [0.4, 0.5) is 0 Å². The summed E-state index contributed by atoms with van der Waals surface area (Å²) in [5.41, 5.74) is 0. The van der Waals surface area contributed by atoms with Gasteiger partial charge in [0.15, 0.2) is 50.3 Å². The SMILES string of the molecule is CCC1OC2OC3C(CC)OC(OC4C(CC)OC(OC5C(CC)OC(OC6C(CC)OC(OC7C(CC)OC(OC8C(CC)OC(OC9C(CC)OC(OC1C(O)C2O)C(O)C9O)C(O)C8O)C(O)C7O)C(OCCCSCCCCC[C-]=O)C6O)C(O)C5O)C(O)C4O)C(O)C3O.[Y]. The number of thioether (sulfide) groups is 1. The molecule has 0 aromatic carbocycles. The molecule has 1 radical (unpaired) electrons. The number of aliphatic hydroxyl groups excluding tert-OH is 15. The molecule has 15 N–H and O–H groups in total. The minimum absolute atomic E-state index is 0. The number of rotatable bonds is 19. The van der Waals surface area contributed by atoms with E-state index in [4.69, 9.17) is 80.5 Å². The van der Waals surface area contributed by atoms with Crippen molar-refractivity contribution in [3.05, 3.63) is 0 Å². The van der Waals surface area contributed by atoms with E-state index in [1.54, 1.807) is 67.2 Å². The van der Waals surface area contributed by atoms with Crippen LogP contribution in [0, 0.1) is 0 Å². The third-order valence-electron chi connectivity index (χ3n) is 20.5. The standard InChI is InChI=1S/C65H111O33S.Y/c1-9-26-49-34(67)41(74)58(83-26)91-50-27(10-2)84-60(42(75)35(50)68)93-52-29(12-4)86-62(44(77)37(52)70)95-54-31(14-6)88-64(46(79)39(54)72)97-56-33(16-8)90-65(57(48(56)81)82-23-21-25-99-24-20-18-17-19-22-66)98-55-32(15-7)89-63(47(80)40(55)73)96-53-30(13-5)87-61(45(78)38(53)71)94-51-28(11-3)85-59(92-49)43(76)36(51)69;/h26-65,67-81H,9-21,23-25H2,1-8H3;/q-1;. The quantitative estimate of drug-likeness (QED) is 0.0446. The van der Waals surface area contributed by atoms with Gasteiger partial charge < -0.3 is 162 Å². The van der Waals surface area contributed by atoms with Gasteiger partial charge in [0.2, 0.25) is 0 Å². The van der Waals surface area contributed by atoms with E-state index in [0.29, 0.717) is 18.6 Å². The molecule has 0 amide bonds. The second-order valence-corrected chi connectivity index (χ2v) is 28.3. The van der Waals surface area contributed by atoms with Gasteiger partial charge in [0.1, 0.15) is 146 Å². The first-order valence-electron chi connectivity index (χ1n) is 35.7. The molecule has 35 heteroatoms. The normalized spacial score (nSPS) is 50.0. The van der Waals surface area contributed by atoms with Crippen LogP contribution in [0.3, 0.4) is 0 Å². The molecular formula is C65H111O33SY-. The molecule has 0 saturated carbocycles. The van der Waals surface area contributed by atoms with Gasteiger partial charge in [-0.05, 0) is 75.7 Å². The molecule has 30 aliphatic heterocycles. The van der Waals surface area contributed by atoms with E-state index in [1.807, 2.05) is 6.29 Å². The van der Waals surface area contributed by atoms with Crippen LogP contribution in [-0.2, 0) is 118 Å². The molecule has 30 heterocycles. The van der Waals surface area contributed by atoms with Gasteiger partial charge in [-0.15, -0.1) is 0 Å². The average Bonchev–Trinajstić information content (AvgIpc) is 0.777. The number of unbranched alkanes of at least 4 members (excludes halogenated alkanes) is 3. The summed E-state index contributed by atoms with van der Waals surface area (Å²) in [6, 6.07) is 0. The fourth-order valence-electron chi connectivity index (χ4n) is 14.6. The van der Waals surface area contributed by atoms with Gasteiger partial charge in [0.05, 0.1) is 48.8 Å². The van der Waals surface area contributed by atoms with E-state index >= 15 is 0 Å². The first-order valence-corrected chi connectivity index (χ1v) is 36.8. The van der Waals surface area contributed by atoms with Crippen molar-refractivity contribution in [2.75, 3.05) is 18.1 Å². The second-order valence-electron chi connectivity index (χ2n) is 27.0. The van der Waals surface area contributed by atoms with Crippen LogP contribution in [0.5, 0.6) is 0 Å². The molecule has 16 bridgehead atoms. The number of hydrogen-bond acceptors (Lipinski definition) is 34. The number of hydrogen-bond donors (Lipinski definition) is 15. The molecule has 0 aromatic rings. The Labute approximate surface area is 612 Å². The molecule has 0 spiro atoms. The van der Waals surface area contributed by atoms with Crippen LogP contribution >= 0.6 is 11.8 Å². The zero-order chi connectivity index (χ0) is 71.8. The maximum atomic E-state index is 12.5. The molecule has 40 atom stereocenters. The van der Waals surface area contributed by atoms with Gasteiger partial charge in [0, 0.05) is 39.3 Å². The Balaban J connectivity index is 0.0000127. The van der Waals surface area contributed by atoms with Gasteiger partial charge >= 0.3 is 0 Å². The van der Waals surface area contributed by atoms with E-state index in [9.17, 15) is 81.4 Å². The Hall–Kier alpha value is -0.156. The molecule has 40 unspecified atom stereocenters. The van der Waals surface area contributed by atoms with Crippen LogP contribution in [0.15, 0.2) is 0 Å². The molecule has 33 nitrogen and oxygen atoms in total. The Morgan fingerprint density at radius 3 is 0.710 bits per heavy atom. The minimum Gasteiger partial charge on any atom is -0.542 e. The third kappa shape index (κ3) is 19.0. The predicted octanol–water partition coefficient (Wildman–Crippen LogP) is -3.25. The van der Waals surface area contributed by atoms with Crippen molar-refractivity contribution >= 4 is 18.0 Å². The molecule has 30 fully saturated rings. The van der Waals surface area contributed by atoms with E-state index in [1.165, 1.54) is 0 Å². The molecule has 30 saturated heterocycles. The van der Waals surface area contributed by atoms with E-state index in [-0.39, 0.29) is 90.7 Å². The molecular weight excluding hydrogens is 1430 g/mol. The smallest absolute Gasteiger partial charge is 0.187 e. The second kappa shape index (κ2) is 39.5. The van der Waals surface area contributed by atoms with Crippen LogP contribution < -0.4 is 0 Å². The third-order valence-corrected chi connectivity index (χ3v) is 21.6. The summed E-state index contributed by atoms with van der Waals surface area (Å²) < 4.78 is 107. The Morgan fingerprint density at radius 2 is 0.480 bits per heavy atom.